The molecule has 0 fully saturated rings. The Balaban J connectivity index is 2.68. The summed E-state index contributed by atoms with van der Waals surface area (Å²) in [5.74, 6) is -0.163. The molecule has 0 unspecified atom stereocenters. The molecule has 14 heavy (non-hydrogen) atoms. The van der Waals surface area contributed by atoms with E-state index in [0.717, 1.165) is 16.5 Å². The molecule has 1 aromatic rings. The highest BCUT2D eigenvalue weighted by atomic mass is 79.9. The lowest BCUT2D eigenvalue weighted by molar-refractivity contribution is 0.470. The van der Waals surface area contributed by atoms with Crippen LogP contribution >= 0.6 is 15.9 Å². The molecule has 1 nitrogen and oxygen atoms in total. The van der Waals surface area contributed by atoms with E-state index in [1.54, 1.807) is 6.07 Å². The van der Waals surface area contributed by atoms with Crippen molar-refractivity contribution < 1.29 is 4.39 Å². The molecule has 0 atom stereocenters. The fourth-order valence-electron chi connectivity index (χ4n) is 1.18. The Labute approximate surface area is 92.6 Å². The van der Waals surface area contributed by atoms with E-state index >= 15 is 0 Å². The zero-order valence-electron chi connectivity index (χ0n) is 8.48. The van der Waals surface area contributed by atoms with Gasteiger partial charge in [0.25, 0.3) is 0 Å². The van der Waals surface area contributed by atoms with Crippen molar-refractivity contribution in [2.24, 2.45) is 5.73 Å². The van der Waals surface area contributed by atoms with Crippen molar-refractivity contribution in [3.63, 3.8) is 0 Å². The molecule has 1 aromatic carbocycles. The molecule has 0 aliphatic heterocycles. The second-order valence-electron chi connectivity index (χ2n) is 4.22. The largest absolute Gasteiger partial charge is 0.326 e. The van der Waals surface area contributed by atoms with Crippen LogP contribution in [0.5, 0.6) is 0 Å². The molecule has 0 saturated carbocycles. The third-order valence-corrected chi connectivity index (χ3v) is 2.55. The van der Waals surface area contributed by atoms with Crippen molar-refractivity contribution >= 4 is 15.9 Å². The van der Waals surface area contributed by atoms with Gasteiger partial charge >= 0.3 is 0 Å². The molecule has 0 spiro atoms. The third kappa shape index (κ3) is 3.76. The molecule has 0 amide bonds. The van der Waals surface area contributed by atoms with Crippen LogP contribution in [0.15, 0.2) is 22.7 Å². The third-order valence-electron chi connectivity index (χ3n) is 2.05. The van der Waals surface area contributed by atoms with Crippen LogP contribution in [-0.2, 0) is 6.42 Å². The maximum absolute atomic E-state index is 13.4. The molecule has 78 valence electrons. The zero-order chi connectivity index (χ0) is 10.8. The van der Waals surface area contributed by atoms with Gasteiger partial charge in [0.05, 0.1) is 0 Å². The molecule has 2 N–H and O–H groups in total. The molecule has 0 aliphatic rings. The number of halogens is 2. The summed E-state index contributed by atoms with van der Waals surface area (Å²) in [6.07, 6.45) is 1.47. The Kier molecular flexibility index (Phi) is 3.67. The van der Waals surface area contributed by atoms with Gasteiger partial charge in [0.15, 0.2) is 0 Å². The average molecular weight is 260 g/mol. The summed E-state index contributed by atoms with van der Waals surface area (Å²) in [5, 5.41) is 0. The summed E-state index contributed by atoms with van der Waals surface area (Å²) in [6, 6.07) is 5.13. The monoisotopic (exact) mass is 259 g/mol. The Hall–Kier alpha value is -0.410. The summed E-state index contributed by atoms with van der Waals surface area (Å²) < 4.78 is 14.1. The number of hydrogen-bond donors (Lipinski definition) is 1. The van der Waals surface area contributed by atoms with Gasteiger partial charge in [-0.3, -0.25) is 0 Å². The summed E-state index contributed by atoms with van der Waals surface area (Å²) in [6.45, 7) is 3.90. The molecule has 0 aliphatic carbocycles. The van der Waals surface area contributed by atoms with E-state index in [2.05, 4.69) is 15.9 Å². The molecule has 0 bridgehead atoms. The van der Waals surface area contributed by atoms with Crippen molar-refractivity contribution in [2.75, 3.05) is 0 Å². The van der Waals surface area contributed by atoms with Crippen LogP contribution in [0.25, 0.3) is 0 Å². The number of rotatable bonds is 3. The minimum Gasteiger partial charge on any atom is -0.326 e. The van der Waals surface area contributed by atoms with Gasteiger partial charge in [-0.1, -0.05) is 22.0 Å². The van der Waals surface area contributed by atoms with E-state index in [1.807, 2.05) is 19.9 Å². The molecule has 0 heterocycles. The number of benzene rings is 1. The quantitative estimate of drug-likeness (QED) is 0.886. The SMILES string of the molecule is CC(C)(N)CCc1ccc(Br)cc1F. The fourth-order valence-corrected chi connectivity index (χ4v) is 1.51. The van der Waals surface area contributed by atoms with Gasteiger partial charge in [-0.05, 0) is 44.4 Å². The van der Waals surface area contributed by atoms with Crippen LogP contribution in [0, 0.1) is 5.82 Å². The molecule has 1 rings (SSSR count). The number of hydrogen-bond acceptors (Lipinski definition) is 1. The predicted octanol–water partition coefficient (Wildman–Crippen LogP) is 3.26. The highest BCUT2D eigenvalue weighted by molar-refractivity contribution is 9.10. The lowest BCUT2D eigenvalue weighted by atomic mass is 9.96. The normalized spacial score (nSPS) is 11.8. The van der Waals surface area contributed by atoms with E-state index in [4.69, 9.17) is 5.73 Å². The van der Waals surface area contributed by atoms with Gasteiger partial charge in [0, 0.05) is 10.0 Å². The Morgan fingerprint density at radius 1 is 1.43 bits per heavy atom. The summed E-state index contributed by atoms with van der Waals surface area (Å²) in [5.41, 5.74) is 6.32. The van der Waals surface area contributed by atoms with Crippen LogP contribution in [0.3, 0.4) is 0 Å². The molecule has 3 heteroatoms. The molecule has 0 saturated heterocycles. The highest BCUT2D eigenvalue weighted by Crippen LogP contribution is 2.18. The summed E-state index contributed by atoms with van der Waals surface area (Å²) in [7, 11) is 0. The topological polar surface area (TPSA) is 26.0 Å². The number of aryl methyl sites for hydroxylation is 1. The number of nitrogens with two attached hydrogens (primary N) is 1. The smallest absolute Gasteiger partial charge is 0.127 e. The van der Waals surface area contributed by atoms with Crippen LogP contribution in [0.1, 0.15) is 25.8 Å². The standard InChI is InChI=1S/C11H15BrFN/c1-11(2,14)6-5-8-3-4-9(12)7-10(8)13/h3-4,7H,5-6,14H2,1-2H3. The van der Waals surface area contributed by atoms with E-state index in [-0.39, 0.29) is 11.4 Å². The average Bonchev–Trinajstić information content (AvgIpc) is 2.00. The second-order valence-corrected chi connectivity index (χ2v) is 5.14. The van der Waals surface area contributed by atoms with Gasteiger partial charge in [0.2, 0.25) is 0 Å². The van der Waals surface area contributed by atoms with Crippen molar-refractivity contribution in [3.8, 4) is 0 Å². The fraction of sp³-hybridized carbons (Fsp3) is 0.455. The lowest BCUT2D eigenvalue weighted by Gasteiger charge is -2.18. The predicted molar refractivity (Wildman–Crippen MR) is 60.7 cm³/mol. The van der Waals surface area contributed by atoms with Crippen molar-refractivity contribution in [3.05, 3.63) is 34.1 Å². The van der Waals surface area contributed by atoms with Crippen LogP contribution in [-0.4, -0.2) is 5.54 Å². The Bertz CT molecular complexity index is 318. The van der Waals surface area contributed by atoms with Gasteiger partial charge in [-0.15, -0.1) is 0 Å². The first-order valence-corrected chi connectivity index (χ1v) is 5.40. The van der Waals surface area contributed by atoms with E-state index in [1.165, 1.54) is 6.07 Å². The van der Waals surface area contributed by atoms with Gasteiger partial charge in [-0.25, -0.2) is 4.39 Å². The van der Waals surface area contributed by atoms with E-state index in [9.17, 15) is 4.39 Å². The van der Waals surface area contributed by atoms with Crippen molar-refractivity contribution in [2.45, 2.75) is 32.2 Å². The molecule has 0 aromatic heterocycles. The van der Waals surface area contributed by atoms with Crippen molar-refractivity contribution in [1.29, 1.82) is 0 Å². The minimum atomic E-state index is -0.237. The summed E-state index contributed by atoms with van der Waals surface area (Å²) >= 11 is 3.22. The Morgan fingerprint density at radius 2 is 2.07 bits per heavy atom. The van der Waals surface area contributed by atoms with Crippen LogP contribution in [0.4, 0.5) is 4.39 Å². The van der Waals surface area contributed by atoms with Crippen LogP contribution < -0.4 is 5.73 Å². The van der Waals surface area contributed by atoms with Crippen molar-refractivity contribution in [1.82, 2.24) is 0 Å². The highest BCUT2D eigenvalue weighted by Gasteiger charge is 2.12. The molecular weight excluding hydrogens is 245 g/mol. The summed E-state index contributed by atoms with van der Waals surface area (Å²) in [4.78, 5) is 0. The second kappa shape index (κ2) is 4.41. The van der Waals surface area contributed by atoms with Gasteiger partial charge in [0.1, 0.15) is 5.82 Å². The first kappa shape index (κ1) is 11.7. The van der Waals surface area contributed by atoms with Gasteiger partial charge in [-0.2, -0.15) is 0 Å². The lowest BCUT2D eigenvalue weighted by Crippen LogP contribution is -2.32. The van der Waals surface area contributed by atoms with E-state index < -0.39 is 0 Å². The first-order valence-electron chi connectivity index (χ1n) is 4.61. The van der Waals surface area contributed by atoms with Crippen LogP contribution in [0.2, 0.25) is 0 Å². The van der Waals surface area contributed by atoms with E-state index in [0.29, 0.717) is 6.42 Å². The Morgan fingerprint density at radius 3 is 2.57 bits per heavy atom. The maximum atomic E-state index is 13.4. The molecular formula is C11H15BrFN. The maximum Gasteiger partial charge on any atom is 0.127 e. The zero-order valence-corrected chi connectivity index (χ0v) is 10.1. The minimum absolute atomic E-state index is 0.163. The molecule has 0 radical (unpaired) electrons. The van der Waals surface area contributed by atoms with Gasteiger partial charge < -0.3 is 5.73 Å². The first-order chi connectivity index (χ1) is 6.38.